The van der Waals surface area contributed by atoms with Gasteiger partial charge in [0, 0.05) is 54.8 Å². The van der Waals surface area contributed by atoms with E-state index >= 15 is 0 Å². The Kier molecular flexibility index (Phi) is 13.1. The molecule has 0 bridgehead atoms. The average Bonchev–Trinajstić information content (AvgIpc) is 3.58. The summed E-state index contributed by atoms with van der Waals surface area (Å²) in [6, 6.07) is 24.8. The van der Waals surface area contributed by atoms with Gasteiger partial charge in [-0.2, -0.15) is 0 Å². The van der Waals surface area contributed by atoms with E-state index in [0.717, 1.165) is 35.1 Å². The van der Waals surface area contributed by atoms with Crippen molar-refractivity contribution in [3.63, 3.8) is 0 Å². The summed E-state index contributed by atoms with van der Waals surface area (Å²) in [5, 5.41) is 20.2. The molecule has 2 aromatic carbocycles. The first-order chi connectivity index (χ1) is 24.4. The van der Waals surface area contributed by atoms with Crippen molar-refractivity contribution in [2.45, 2.75) is 82.1 Å². The molecule has 3 atom stereocenters. The SMILES string of the molecule is O=C(N[C@@H](Cc1ccccc1)C[C@H](O)[C@H](Cc1ccccc1)NC(=O)OC1(NC(=O)OCc2cccnc2)CCCC1)OCc1cccnc1. The molecule has 12 nitrogen and oxygen atoms in total. The number of ether oxygens (including phenoxy) is 3. The maximum Gasteiger partial charge on any atom is 0.410 e. The van der Waals surface area contributed by atoms with Gasteiger partial charge in [0.2, 0.25) is 0 Å². The molecule has 5 rings (SSSR count). The van der Waals surface area contributed by atoms with Crippen LogP contribution in [-0.2, 0) is 40.3 Å². The maximum absolute atomic E-state index is 13.5. The second-order valence-electron chi connectivity index (χ2n) is 12.4. The summed E-state index contributed by atoms with van der Waals surface area (Å²) in [6.45, 7) is 0.0551. The number of aliphatic hydroxyl groups is 1. The molecule has 2 heterocycles. The number of hydrogen-bond acceptors (Lipinski definition) is 9. The summed E-state index contributed by atoms with van der Waals surface area (Å²) in [4.78, 5) is 47.2. The third-order valence-electron chi connectivity index (χ3n) is 8.45. The number of alkyl carbamates (subject to hydrolysis) is 3. The van der Waals surface area contributed by atoms with Gasteiger partial charge >= 0.3 is 18.3 Å². The summed E-state index contributed by atoms with van der Waals surface area (Å²) < 4.78 is 16.7. The Morgan fingerprint density at radius 2 is 1.22 bits per heavy atom. The van der Waals surface area contributed by atoms with Crippen molar-refractivity contribution in [2.24, 2.45) is 0 Å². The number of rotatable bonds is 15. The molecule has 1 aliphatic rings. The molecule has 262 valence electrons. The van der Waals surface area contributed by atoms with Gasteiger partial charge in [0.25, 0.3) is 0 Å². The van der Waals surface area contributed by atoms with Crippen molar-refractivity contribution >= 4 is 18.3 Å². The minimum absolute atomic E-state index is 0.0164. The van der Waals surface area contributed by atoms with Crippen LogP contribution >= 0.6 is 0 Å². The first-order valence-electron chi connectivity index (χ1n) is 16.8. The van der Waals surface area contributed by atoms with Crippen LogP contribution in [0.2, 0.25) is 0 Å². The van der Waals surface area contributed by atoms with Crippen LogP contribution in [0.4, 0.5) is 14.4 Å². The van der Waals surface area contributed by atoms with Gasteiger partial charge in [-0.15, -0.1) is 0 Å². The molecular formula is C38H43N5O7. The number of nitrogens with one attached hydrogen (secondary N) is 3. The highest BCUT2D eigenvalue weighted by molar-refractivity contribution is 5.71. The fourth-order valence-electron chi connectivity index (χ4n) is 5.95. The van der Waals surface area contributed by atoms with Gasteiger partial charge < -0.3 is 30.0 Å². The van der Waals surface area contributed by atoms with E-state index in [2.05, 4.69) is 25.9 Å². The number of carbonyl (C=O) groups is 3. The lowest BCUT2D eigenvalue weighted by molar-refractivity contribution is -0.0159. The van der Waals surface area contributed by atoms with E-state index in [0.29, 0.717) is 19.3 Å². The van der Waals surface area contributed by atoms with Crippen LogP contribution in [0, 0.1) is 0 Å². The fraction of sp³-hybridized carbons (Fsp3) is 0.342. The lowest BCUT2D eigenvalue weighted by atomic mass is 9.94. The molecule has 0 aliphatic heterocycles. The van der Waals surface area contributed by atoms with Crippen LogP contribution < -0.4 is 16.0 Å². The third-order valence-corrected chi connectivity index (χ3v) is 8.45. The number of aliphatic hydroxyl groups excluding tert-OH is 1. The third kappa shape index (κ3) is 11.6. The number of aromatic nitrogens is 2. The second kappa shape index (κ2) is 18.3. The molecule has 4 N–H and O–H groups in total. The second-order valence-corrected chi connectivity index (χ2v) is 12.4. The standard InChI is InChI=1S/C38H43N5O7/c44-34(23-32(21-28-11-3-1-4-12-28)41-35(45)48-26-30-15-9-19-39-24-30)33(22-29-13-5-2-6-14-29)42-36(46)50-38(17-7-8-18-38)43-37(47)49-27-31-16-10-20-40-25-31/h1-6,9-16,19-20,24-25,32-34,44H,7-8,17-18,21-23,26-27H2,(H,41,45)(H,42,46)(H,43,47)/t32-,33-,34-/m0/s1. The first kappa shape index (κ1) is 35.8. The zero-order valence-electron chi connectivity index (χ0n) is 27.8. The fourth-order valence-corrected chi connectivity index (χ4v) is 5.95. The van der Waals surface area contributed by atoms with E-state index in [1.54, 1.807) is 49.1 Å². The maximum atomic E-state index is 13.5. The number of carbonyl (C=O) groups excluding carboxylic acids is 3. The van der Waals surface area contributed by atoms with Crippen molar-refractivity contribution in [3.8, 4) is 0 Å². The zero-order valence-corrected chi connectivity index (χ0v) is 27.8. The lowest BCUT2D eigenvalue weighted by Gasteiger charge is -2.32. The molecule has 2 aromatic heterocycles. The van der Waals surface area contributed by atoms with Crippen LogP contribution in [0.1, 0.15) is 54.4 Å². The quantitative estimate of drug-likeness (QED) is 0.0925. The lowest BCUT2D eigenvalue weighted by Crippen LogP contribution is -2.54. The van der Waals surface area contributed by atoms with Crippen molar-refractivity contribution in [2.75, 3.05) is 0 Å². The Bertz CT molecular complexity index is 1620. The smallest absolute Gasteiger partial charge is 0.410 e. The normalized spacial score (nSPS) is 15.1. The number of amides is 3. The van der Waals surface area contributed by atoms with Gasteiger partial charge in [-0.3, -0.25) is 15.3 Å². The summed E-state index contributed by atoms with van der Waals surface area (Å²) in [6.07, 6.45) is 6.36. The molecule has 1 aliphatic carbocycles. The Hall–Kier alpha value is -5.49. The first-order valence-corrected chi connectivity index (χ1v) is 16.8. The summed E-state index contributed by atoms with van der Waals surface area (Å²) in [7, 11) is 0. The van der Waals surface area contributed by atoms with E-state index in [4.69, 9.17) is 14.2 Å². The topological polar surface area (TPSA) is 161 Å². The largest absolute Gasteiger partial charge is 0.445 e. The van der Waals surface area contributed by atoms with Crippen LogP contribution in [0.3, 0.4) is 0 Å². The van der Waals surface area contributed by atoms with Gasteiger partial charge in [0.1, 0.15) is 13.2 Å². The predicted molar refractivity (Wildman–Crippen MR) is 184 cm³/mol. The van der Waals surface area contributed by atoms with E-state index in [9.17, 15) is 19.5 Å². The number of nitrogens with zero attached hydrogens (tertiary/aromatic N) is 2. The zero-order chi connectivity index (χ0) is 35.0. The van der Waals surface area contributed by atoms with Crippen LogP contribution in [0.5, 0.6) is 0 Å². The van der Waals surface area contributed by atoms with Gasteiger partial charge in [-0.05, 0) is 55.4 Å². The van der Waals surface area contributed by atoms with Crippen LogP contribution in [-0.4, -0.2) is 57.3 Å². The highest BCUT2D eigenvalue weighted by atomic mass is 16.6. The number of hydrogen-bond donors (Lipinski definition) is 4. The van der Waals surface area contributed by atoms with E-state index in [-0.39, 0.29) is 26.1 Å². The Morgan fingerprint density at radius 1 is 0.680 bits per heavy atom. The molecule has 0 saturated heterocycles. The molecule has 1 saturated carbocycles. The summed E-state index contributed by atoms with van der Waals surface area (Å²) >= 11 is 0. The Morgan fingerprint density at radius 3 is 1.78 bits per heavy atom. The van der Waals surface area contributed by atoms with Crippen LogP contribution in [0.15, 0.2) is 110 Å². The van der Waals surface area contributed by atoms with Crippen LogP contribution in [0.25, 0.3) is 0 Å². The van der Waals surface area contributed by atoms with E-state index < -0.39 is 42.2 Å². The van der Waals surface area contributed by atoms with Crippen molar-refractivity contribution < 1.29 is 33.7 Å². The van der Waals surface area contributed by atoms with Gasteiger partial charge in [0.15, 0.2) is 5.72 Å². The molecule has 0 radical (unpaired) electrons. The minimum Gasteiger partial charge on any atom is -0.445 e. The van der Waals surface area contributed by atoms with E-state index in [1.807, 2.05) is 60.7 Å². The molecule has 3 amide bonds. The Labute approximate surface area is 291 Å². The van der Waals surface area contributed by atoms with Gasteiger partial charge in [0.05, 0.1) is 12.1 Å². The van der Waals surface area contributed by atoms with Gasteiger partial charge in [-0.25, -0.2) is 14.4 Å². The molecule has 50 heavy (non-hydrogen) atoms. The number of pyridine rings is 2. The van der Waals surface area contributed by atoms with Crippen molar-refractivity contribution in [1.29, 1.82) is 0 Å². The van der Waals surface area contributed by atoms with Gasteiger partial charge in [-0.1, -0.05) is 72.8 Å². The van der Waals surface area contributed by atoms with E-state index in [1.165, 1.54) is 0 Å². The highest BCUT2D eigenvalue weighted by Gasteiger charge is 2.40. The molecule has 4 aromatic rings. The highest BCUT2D eigenvalue weighted by Crippen LogP contribution is 2.31. The number of benzene rings is 2. The Balaban J connectivity index is 1.25. The molecular weight excluding hydrogens is 638 g/mol. The molecule has 1 fully saturated rings. The van der Waals surface area contributed by atoms with Crippen molar-refractivity contribution in [3.05, 3.63) is 132 Å². The van der Waals surface area contributed by atoms with Crippen molar-refractivity contribution in [1.82, 2.24) is 25.9 Å². The monoisotopic (exact) mass is 681 g/mol. The molecule has 0 unspecified atom stereocenters. The minimum atomic E-state index is -1.26. The summed E-state index contributed by atoms with van der Waals surface area (Å²) in [5.41, 5.74) is 2.04. The molecule has 0 spiro atoms. The molecule has 12 heteroatoms. The average molecular weight is 682 g/mol. The summed E-state index contributed by atoms with van der Waals surface area (Å²) in [5.74, 6) is 0. The predicted octanol–water partition coefficient (Wildman–Crippen LogP) is 5.60.